The van der Waals surface area contributed by atoms with Crippen LogP contribution in [-0.2, 0) is 9.59 Å². The van der Waals surface area contributed by atoms with Crippen molar-refractivity contribution in [3.8, 4) is 0 Å². The van der Waals surface area contributed by atoms with Crippen LogP contribution in [0.3, 0.4) is 0 Å². The maximum absolute atomic E-state index is 12.1. The van der Waals surface area contributed by atoms with E-state index in [-0.39, 0.29) is 24.9 Å². The number of nitrogens with one attached hydrogen (secondary N) is 1. The van der Waals surface area contributed by atoms with Crippen molar-refractivity contribution in [2.24, 2.45) is 11.3 Å². The van der Waals surface area contributed by atoms with Gasteiger partial charge in [-0.15, -0.1) is 0 Å². The van der Waals surface area contributed by atoms with Crippen molar-refractivity contribution < 1.29 is 19.8 Å². The van der Waals surface area contributed by atoms with Gasteiger partial charge in [-0.3, -0.25) is 9.59 Å². The summed E-state index contributed by atoms with van der Waals surface area (Å²) in [6.07, 6.45) is 3.45. The summed E-state index contributed by atoms with van der Waals surface area (Å²) >= 11 is 0. The number of hydrogen-bond donors (Lipinski definition) is 3. The second-order valence-electron chi connectivity index (χ2n) is 6.25. The number of rotatable bonds is 6. The van der Waals surface area contributed by atoms with Gasteiger partial charge in [0.1, 0.15) is 0 Å². The van der Waals surface area contributed by atoms with Crippen LogP contribution in [-0.4, -0.2) is 34.2 Å². The van der Waals surface area contributed by atoms with Gasteiger partial charge in [-0.2, -0.15) is 0 Å². The molecule has 0 bridgehead atoms. The first kappa shape index (κ1) is 16.0. The summed E-state index contributed by atoms with van der Waals surface area (Å²) in [7, 11) is 0. The van der Waals surface area contributed by atoms with Gasteiger partial charge in [0.05, 0.1) is 17.6 Å². The Bertz CT molecular complexity index is 347. The molecule has 5 heteroatoms. The molecule has 1 aliphatic carbocycles. The highest BCUT2D eigenvalue weighted by molar-refractivity contribution is 5.85. The molecule has 110 valence electrons. The summed E-state index contributed by atoms with van der Waals surface area (Å²) in [5, 5.41) is 21.6. The van der Waals surface area contributed by atoms with Crippen molar-refractivity contribution in [1.82, 2.24) is 5.32 Å². The van der Waals surface area contributed by atoms with E-state index < -0.39 is 16.9 Å². The molecule has 0 spiro atoms. The van der Waals surface area contributed by atoms with E-state index in [1.165, 1.54) is 0 Å². The largest absolute Gasteiger partial charge is 0.481 e. The number of carboxylic acids is 1. The molecule has 0 radical (unpaired) electrons. The van der Waals surface area contributed by atoms with E-state index in [1.54, 1.807) is 20.8 Å². The second kappa shape index (κ2) is 5.90. The van der Waals surface area contributed by atoms with Gasteiger partial charge in [0.2, 0.25) is 5.91 Å². The van der Waals surface area contributed by atoms with Crippen molar-refractivity contribution in [2.75, 3.05) is 6.61 Å². The third-order valence-electron chi connectivity index (χ3n) is 4.56. The molecule has 1 unspecified atom stereocenters. The average Bonchev–Trinajstić information content (AvgIpc) is 2.77. The van der Waals surface area contributed by atoms with Crippen molar-refractivity contribution in [3.63, 3.8) is 0 Å². The Morgan fingerprint density at radius 1 is 1.32 bits per heavy atom. The highest BCUT2D eigenvalue weighted by Gasteiger charge is 2.41. The zero-order valence-electron chi connectivity index (χ0n) is 12.0. The second-order valence-corrected chi connectivity index (χ2v) is 6.25. The Hall–Kier alpha value is -1.10. The van der Waals surface area contributed by atoms with Gasteiger partial charge in [0.25, 0.3) is 0 Å². The zero-order valence-corrected chi connectivity index (χ0v) is 12.0. The molecule has 0 heterocycles. The van der Waals surface area contributed by atoms with Crippen LogP contribution in [0, 0.1) is 11.3 Å². The maximum Gasteiger partial charge on any atom is 0.310 e. The minimum Gasteiger partial charge on any atom is -0.481 e. The Morgan fingerprint density at radius 2 is 1.84 bits per heavy atom. The van der Waals surface area contributed by atoms with E-state index in [0.29, 0.717) is 0 Å². The van der Waals surface area contributed by atoms with Crippen molar-refractivity contribution in [3.05, 3.63) is 0 Å². The molecule has 1 atom stereocenters. The summed E-state index contributed by atoms with van der Waals surface area (Å²) in [6, 6.07) is 0. The predicted octanol–water partition coefficient (Wildman–Crippen LogP) is 1.54. The molecule has 0 aliphatic heterocycles. The molecule has 0 aromatic carbocycles. The number of carbonyl (C=O) groups is 2. The Kier molecular flexibility index (Phi) is 4.96. The highest BCUT2D eigenvalue weighted by atomic mass is 16.4. The fraction of sp³-hybridized carbons (Fsp3) is 0.857. The number of carboxylic acid groups (broad SMARTS) is 1. The van der Waals surface area contributed by atoms with E-state index in [2.05, 4.69) is 5.32 Å². The van der Waals surface area contributed by atoms with Gasteiger partial charge in [0.15, 0.2) is 0 Å². The first-order valence-corrected chi connectivity index (χ1v) is 6.91. The molecule has 1 amide bonds. The minimum atomic E-state index is -1.07. The zero-order chi connectivity index (χ0) is 14.7. The summed E-state index contributed by atoms with van der Waals surface area (Å²) in [5.74, 6) is -1.37. The van der Waals surface area contributed by atoms with Crippen molar-refractivity contribution in [1.29, 1.82) is 0 Å². The average molecular weight is 271 g/mol. The van der Waals surface area contributed by atoms with E-state index >= 15 is 0 Å². The standard InChI is InChI=1S/C14H25NO4/c1-10(2)13(3,12(18)19)8-11(17)15-14(9-16)6-4-5-7-14/h10,16H,4-9H2,1-3H3,(H,15,17)(H,18,19). The van der Waals surface area contributed by atoms with Crippen LogP contribution in [0.5, 0.6) is 0 Å². The summed E-state index contributed by atoms with van der Waals surface area (Å²) in [4.78, 5) is 23.5. The first-order valence-electron chi connectivity index (χ1n) is 6.91. The molecule has 1 aliphatic rings. The van der Waals surface area contributed by atoms with E-state index in [1.807, 2.05) is 0 Å². The molecule has 19 heavy (non-hydrogen) atoms. The third-order valence-corrected chi connectivity index (χ3v) is 4.56. The van der Waals surface area contributed by atoms with Crippen molar-refractivity contribution >= 4 is 11.9 Å². The lowest BCUT2D eigenvalue weighted by molar-refractivity contribution is -0.154. The summed E-state index contributed by atoms with van der Waals surface area (Å²) in [6.45, 7) is 5.13. The molecule has 1 saturated carbocycles. The number of amides is 1. The van der Waals surface area contributed by atoms with Gasteiger partial charge in [0, 0.05) is 6.42 Å². The topological polar surface area (TPSA) is 86.6 Å². The molecule has 0 aromatic heterocycles. The van der Waals surface area contributed by atoms with Crippen LogP contribution in [0.4, 0.5) is 0 Å². The van der Waals surface area contributed by atoms with Crippen LogP contribution in [0.25, 0.3) is 0 Å². The molecule has 1 fully saturated rings. The van der Waals surface area contributed by atoms with Gasteiger partial charge in [-0.1, -0.05) is 26.7 Å². The SMILES string of the molecule is CC(C)C(C)(CC(=O)NC1(CO)CCCC1)C(=O)O. The molecule has 0 aromatic rings. The molecule has 1 rings (SSSR count). The lowest BCUT2D eigenvalue weighted by atomic mass is 9.76. The lowest BCUT2D eigenvalue weighted by Crippen LogP contribution is -2.51. The van der Waals surface area contributed by atoms with Crippen molar-refractivity contribution in [2.45, 2.75) is 58.4 Å². The highest BCUT2D eigenvalue weighted by Crippen LogP contribution is 2.33. The van der Waals surface area contributed by atoms with Gasteiger partial charge >= 0.3 is 5.97 Å². The van der Waals surface area contributed by atoms with Gasteiger partial charge in [-0.05, 0) is 25.7 Å². The Balaban J connectivity index is 2.71. The number of aliphatic carboxylic acids is 1. The van der Waals surface area contributed by atoms with Gasteiger partial charge in [-0.25, -0.2) is 0 Å². The number of aliphatic hydroxyl groups excluding tert-OH is 1. The monoisotopic (exact) mass is 271 g/mol. The summed E-state index contributed by atoms with van der Waals surface area (Å²) < 4.78 is 0. The quantitative estimate of drug-likeness (QED) is 0.684. The number of hydrogen-bond acceptors (Lipinski definition) is 3. The normalized spacial score (nSPS) is 21.1. The lowest BCUT2D eigenvalue weighted by Gasteiger charge is -2.32. The van der Waals surface area contributed by atoms with Crippen LogP contribution in [0.2, 0.25) is 0 Å². The van der Waals surface area contributed by atoms with Gasteiger partial charge < -0.3 is 15.5 Å². The Morgan fingerprint density at radius 3 is 2.21 bits per heavy atom. The van der Waals surface area contributed by atoms with Crippen LogP contribution >= 0.6 is 0 Å². The van der Waals surface area contributed by atoms with Crippen LogP contribution < -0.4 is 5.32 Å². The van der Waals surface area contributed by atoms with E-state index in [9.17, 15) is 19.8 Å². The van der Waals surface area contributed by atoms with E-state index in [0.717, 1.165) is 25.7 Å². The molecular formula is C14H25NO4. The number of carbonyl (C=O) groups excluding carboxylic acids is 1. The summed E-state index contributed by atoms with van der Waals surface area (Å²) in [5.41, 5.74) is -1.60. The van der Waals surface area contributed by atoms with Crippen LogP contribution in [0.1, 0.15) is 52.9 Å². The molecule has 0 saturated heterocycles. The molecule has 5 nitrogen and oxygen atoms in total. The minimum absolute atomic E-state index is 0.0538. The fourth-order valence-corrected chi connectivity index (χ4v) is 2.57. The van der Waals surface area contributed by atoms with Crippen LogP contribution in [0.15, 0.2) is 0 Å². The first-order chi connectivity index (χ1) is 8.76. The van der Waals surface area contributed by atoms with E-state index in [4.69, 9.17) is 0 Å². The third kappa shape index (κ3) is 3.47. The number of aliphatic hydroxyl groups is 1. The maximum atomic E-state index is 12.1. The molecule has 3 N–H and O–H groups in total. The Labute approximate surface area is 114 Å². The molecular weight excluding hydrogens is 246 g/mol. The fourth-order valence-electron chi connectivity index (χ4n) is 2.57. The predicted molar refractivity (Wildman–Crippen MR) is 71.6 cm³/mol. The smallest absolute Gasteiger partial charge is 0.310 e.